The zero-order valence-electron chi connectivity index (χ0n) is 18.9. The fraction of sp³-hybridized carbons (Fsp3) is 0.464. The van der Waals surface area contributed by atoms with Gasteiger partial charge in [-0.1, -0.05) is 0 Å². The molecule has 0 bridgehead atoms. The summed E-state index contributed by atoms with van der Waals surface area (Å²) < 4.78 is 0. The van der Waals surface area contributed by atoms with E-state index in [-0.39, 0.29) is 5.41 Å². The average molecular weight is 411 g/mol. The molecule has 4 rings (SSSR count). The Morgan fingerprint density at radius 1 is 0.968 bits per heavy atom. The van der Waals surface area contributed by atoms with E-state index in [4.69, 9.17) is 7.49 Å². The van der Waals surface area contributed by atoms with Gasteiger partial charge in [0.05, 0.1) is 0 Å². The van der Waals surface area contributed by atoms with Crippen LogP contribution in [-0.4, -0.2) is 31.1 Å². The summed E-state index contributed by atoms with van der Waals surface area (Å²) in [5, 5.41) is 3.57. The van der Waals surface area contributed by atoms with E-state index in [9.17, 15) is 0 Å². The van der Waals surface area contributed by atoms with Crippen LogP contribution >= 0.6 is 0 Å². The third-order valence-corrected chi connectivity index (χ3v) is 7.55. The molecule has 3 heteroatoms. The van der Waals surface area contributed by atoms with E-state index >= 15 is 0 Å². The monoisotopic (exact) mass is 411 g/mol. The molecule has 0 aromatic heterocycles. The molecule has 0 atom stereocenters. The van der Waals surface area contributed by atoms with Crippen molar-refractivity contribution in [2.45, 2.75) is 63.3 Å². The van der Waals surface area contributed by atoms with Crippen LogP contribution < -0.4 is 5.32 Å². The van der Waals surface area contributed by atoms with Gasteiger partial charge >= 0.3 is 190 Å². The Balaban J connectivity index is 1.40. The molecule has 31 heavy (non-hydrogen) atoms. The average Bonchev–Trinajstić information content (AvgIpc) is 3.36. The van der Waals surface area contributed by atoms with Gasteiger partial charge in [0, 0.05) is 0 Å². The molecule has 1 saturated heterocycles. The molecule has 2 aliphatic rings. The first-order valence-corrected chi connectivity index (χ1v) is 12.1. The van der Waals surface area contributed by atoms with E-state index in [0.29, 0.717) is 0 Å². The van der Waals surface area contributed by atoms with Crippen LogP contribution in [0.4, 0.5) is 0 Å². The molecule has 0 spiro atoms. The Hall–Kier alpha value is -2.29. The molecule has 1 N–H and O–H groups in total. The number of allylic oxidation sites excluding steroid dienone is 1. The molecule has 1 aliphatic carbocycles. The van der Waals surface area contributed by atoms with E-state index < -0.39 is 0 Å². The van der Waals surface area contributed by atoms with Crippen LogP contribution in [0.5, 0.6) is 0 Å². The molecular weight excluding hydrogens is 375 g/mol. The first kappa shape index (κ1) is 21.9. The minimum atomic E-state index is -0.127. The van der Waals surface area contributed by atoms with Crippen LogP contribution in [0.25, 0.3) is 0 Å². The molecule has 1 heterocycles. The molecule has 1 saturated carbocycles. The number of piperidine rings is 1. The van der Waals surface area contributed by atoms with Crippen LogP contribution in [-0.2, 0) is 12.0 Å². The summed E-state index contributed by atoms with van der Waals surface area (Å²) in [5.41, 5.74) is 4.68. The first-order chi connectivity index (χ1) is 15.2. The van der Waals surface area contributed by atoms with Crippen molar-refractivity contribution in [3.05, 3.63) is 84.1 Å². The van der Waals surface area contributed by atoms with Crippen molar-refractivity contribution in [3.63, 3.8) is 0 Å². The Labute approximate surface area is 189 Å². The van der Waals surface area contributed by atoms with E-state index in [1.165, 1.54) is 48.9 Å². The standard InChI is InChI=1S/C28H36BN2/c1-23(16-17-24-10-8-9-11-24)31-20-18-28(19-21-31,26-14-6-3-7-15-26)27(29)30-22-25-12-4-2-5-13-25/h2-7,12-15,24,30H,1,8-11,16-22H2. The van der Waals surface area contributed by atoms with Gasteiger partial charge in [0.25, 0.3) is 0 Å². The van der Waals surface area contributed by atoms with Crippen molar-refractivity contribution in [1.82, 2.24) is 10.2 Å². The molecule has 1 radical (unpaired) electrons. The maximum atomic E-state index is 6.79. The number of benzene rings is 2. The summed E-state index contributed by atoms with van der Waals surface area (Å²) >= 11 is 0. The van der Waals surface area contributed by atoms with Gasteiger partial charge in [-0.3, -0.25) is 0 Å². The predicted molar refractivity (Wildman–Crippen MR) is 133 cm³/mol. The molecule has 2 aromatic rings. The Morgan fingerprint density at radius 3 is 2.23 bits per heavy atom. The van der Waals surface area contributed by atoms with Crippen LogP contribution in [0.15, 0.2) is 72.9 Å². The third-order valence-electron chi connectivity index (χ3n) is 7.55. The number of nitrogens with zero attached hydrogens (tertiary/aromatic N) is 1. The van der Waals surface area contributed by atoms with Crippen LogP contribution in [0.3, 0.4) is 0 Å². The fourth-order valence-corrected chi connectivity index (χ4v) is 5.47. The zero-order chi connectivity index (χ0) is 21.5. The molecule has 2 fully saturated rings. The first-order valence-electron chi connectivity index (χ1n) is 12.1. The van der Waals surface area contributed by atoms with Crippen LogP contribution in [0, 0.1) is 5.92 Å². The van der Waals surface area contributed by atoms with Gasteiger partial charge in [-0.25, -0.2) is 0 Å². The van der Waals surface area contributed by atoms with Crippen molar-refractivity contribution < 1.29 is 0 Å². The van der Waals surface area contributed by atoms with Crippen LogP contribution in [0.1, 0.15) is 62.5 Å². The van der Waals surface area contributed by atoms with Gasteiger partial charge in [-0.15, -0.1) is 0 Å². The normalized spacial score (nSPS) is 18.6. The van der Waals surface area contributed by atoms with Crippen molar-refractivity contribution >= 4 is 13.1 Å². The van der Waals surface area contributed by atoms with Crippen molar-refractivity contribution in [3.8, 4) is 0 Å². The second kappa shape index (κ2) is 10.4. The van der Waals surface area contributed by atoms with Gasteiger partial charge in [0.1, 0.15) is 0 Å². The number of likely N-dealkylation sites (tertiary alicyclic amines) is 1. The van der Waals surface area contributed by atoms with Gasteiger partial charge in [-0.2, -0.15) is 0 Å². The fourth-order valence-electron chi connectivity index (χ4n) is 5.47. The summed E-state index contributed by atoms with van der Waals surface area (Å²) in [5.74, 6) is 0.927. The molecule has 161 valence electrons. The maximum absolute atomic E-state index is 6.79. The molecule has 0 amide bonds. The number of nitrogens with one attached hydrogen (secondary N) is 1. The summed E-state index contributed by atoms with van der Waals surface area (Å²) in [4.78, 5) is 2.51. The van der Waals surface area contributed by atoms with E-state index in [1.807, 2.05) is 0 Å². The van der Waals surface area contributed by atoms with Crippen molar-refractivity contribution in [1.29, 1.82) is 0 Å². The summed E-state index contributed by atoms with van der Waals surface area (Å²) in [6.07, 6.45) is 10.2. The molecule has 2 nitrogen and oxygen atoms in total. The van der Waals surface area contributed by atoms with Gasteiger partial charge in [0.15, 0.2) is 0 Å². The predicted octanol–water partition coefficient (Wildman–Crippen LogP) is 5.59. The SMILES string of the molecule is [B]=C(NCc1ccccc1)C1(c2ccccc2)CCN(C(=C)CCC2CCCC2)CC1. The third kappa shape index (κ3) is 5.32. The van der Waals surface area contributed by atoms with E-state index in [0.717, 1.165) is 50.4 Å². The summed E-state index contributed by atoms with van der Waals surface area (Å²) in [6.45, 7) is 7.26. The Morgan fingerprint density at radius 2 is 1.58 bits per heavy atom. The van der Waals surface area contributed by atoms with Crippen LogP contribution in [0.2, 0.25) is 0 Å². The second-order valence-corrected chi connectivity index (χ2v) is 9.44. The van der Waals surface area contributed by atoms with E-state index in [1.54, 1.807) is 0 Å². The number of hydrogen-bond donors (Lipinski definition) is 1. The summed E-state index contributed by atoms with van der Waals surface area (Å²) in [6, 6.07) is 21.3. The van der Waals surface area contributed by atoms with Gasteiger partial charge in [0.2, 0.25) is 0 Å². The summed E-state index contributed by atoms with van der Waals surface area (Å²) in [7, 11) is 6.79. The second-order valence-electron chi connectivity index (χ2n) is 9.44. The van der Waals surface area contributed by atoms with Crippen molar-refractivity contribution in [2.24, 2.45) is 5.92 Å². The minimum absolute atomic E-state index is 0.127. The zero-order valence-corrected chi connectivity index (χ0v) is 18.9. The molecule has 2 aromatic carbocycles. The van der Waals surface area contributed by atoms with E-state index in [2.05, 4.69) is 77.5 Å². The van der Waals surface area contributed by atoms with Crippen molar-refractivity contribution in [2.75, 3.05) is 13.1 Å². The Kier molecular flexibility index (Phi) is 7.32. The van der Waals surface area contributed by atoms with Gasteiger partial charge < -0.3 is 0 Å². The van der Waals surface area contributed by atoms with Gasteiger partial charge in [-0.05, 0) is 0 Å². The molecular formula is C28H36BN2. The Bertz CT molecular complexity index is 847. The number of hydrogen-bond acceptors (Lipinski definition) is 2. The molecule has 1 aliphatic heterocycles. The quantitative estimate of drug-likeness (QED) is 0.541. The number of rotatable bonds is 9. The molecule has 0 unspecified atom stereocenters. The topological polar surface area (TPSA) is 15.3 Å².